The molecule has 0 saturated carbocycles. The summed E-state index contributed by atoms with van der Waals surface area (Å²) in [5.74, 6) is -3.62. The van der Waals surface area contributed by atoms with Gasteiger partial charge in [-0.3, -0.25) is 4.90 Å². The molecule has 2 atom stereocenters. The van der Waals surface area contributed by atoms with Gasteiger partial charge in [0.05, 0.1) is 6.54 Å². The molecule has 3 aliphatic rings. The van der Waals surface area contributed by atoms with Gasteiger partial charge in [0.15, 0.2) is 0 Å². The molecule has 1 spiro atoms. The fraction of sp³-hybridized carbons (Fsp3) is 0.548. The van der Waals surface area contributed by atoms with E-state index in [4.69, 9.17) is 0 Å². The van der Waals surface area contributed by atoms with Gasteiger partial charge in [-0.15, -0.1) is 0 Å². The van der Waals surface area contributed by atoms with E-state index in [1.54, 1.807) is 0 Å². The number of alkyl halides is 2. The average Bonchev–Trinajstić information content (AvgIpc) is 3.10. The number of benzene rings is 2. The molecule has 39 heavy (non-hydrogen) atoms. The van der Waals surface area contributed by atoms with E-state index >= 15 is 0 Å². The SMILES string of the molecule is CC1Cc2c([nH]c3ccccc23)CN1CC(C)(F)F.Fc1cc(F)cc(N2CCCC3(CCCNC3)CC2)c1. The Morgan fingerprint density at radius 2 is 1.74 bits per heavy atom. The molecular weight excluding hydrogens is 504 g/mol. The topological polar surface area (TPSA) is 34.3 Å². The fourth-order valence-corrected chi connectivity index (χ4v) is 6.67. The predicted molar refractivity (Wildman–Crippen MR) is 149 cm³/mol. The van der Waals surface area contributed by atoms with Gasteiger partial charge in [-0.2, -0.15) is 0 Å². The van der Waals surface area contributed by atoms with Gasteiger partial charge >= 0.3 is 0 Å². The minimum atomic E-state index is -2.64. The van der Waals surface area contributed by atoms with Gasteiger partial charge < -0.3 is 15.2 Å². The number of nitrogens with zero attached hydrogens (tertiary/aromatic N) is 2. The molecule has 0 aliphatic carbocycles. The zero-order valence-electron chi connectivity index (χ0n) is 23.0. The summed E-state index contributed by atoms with van der Waals surface area (Å²) in [6, 6.07) is 12.1. The molecule has 4 nitrogen and oxygen atoms in total. The summed E-state index contributed by atoms with van der Waals surface area (Å²) < 4.78 is 53.1. The number of anilines is 1. The molecule has 2 unspecified atom stereocenters. The maximum atomic E-state index is 13.4. The highest BCUT2D eigenvalue weighted by Gasteiger charge is 2.34. The van der Waals surface area contributed by atoms with Crippen LogP contribution in [0.4, 0.5) is 23.2 Å². The third-order valence-electron chi connectivity index (χ3n) is 8.69. The number of hydrogen-bond acceptors (Lipinski definition) is 3. The van der Waals surface area contributed by atoms with Crippen molar-refractivity contribution in [2.24, 2.45) is 5.41 Å². The molecule has 2 fully saturated rings. The van der Waals surface area contributed by atoms with Crippen molar-refractivity contribution in [1.82, 2.24) is 15.2 Å². The van der Waals surface area contributed by atoms with E-state index in [-0.39, 0.29) is 12.6 Å². The van der Waals surface area contributed by atoms with Crippen LogP contribution in [0.2, 0.25) is 0 Å². The second-order valence-corrected chi connectivity index (χ2v) is 11.9. The van der Waals surface area contributed by atoms with Gasteiger partial charge in [-0.05, 0) is 81.2 Å². The lowest BCUT2D eigenvalue weighted by molar-refractivity contribution is -0.0293. The molecule has 0 amide bonds. The standard InChI is InChI=1S/C16H22F2N2.C15H18F2N2/c17-13-9-14(18)11-15(10-13)20-7-2-4-16(5-8-20)3-1-6-19-12-16;1-10-7-12-11-5-3-4-6-13(11)18-14(12)8-19(10)9-15(2,16)17/h9-11,19H,1-8,12H2;3-6,10,18H,7-9H2,1-2H3. The van der Waals surface area contributed by atoms with E-state index in [9.17, 15) is 17.6 Å². The minimum absolute atomic E-state index is 0.150. The van der Waals surface area contributed by atoms with Crippen LogP contribution in [0.15, 0.2) is 42.5 Å². The van der Waals surface area contributed by atoms with Crippen molar-refractivity contribution >= 4 is 16.6 Å². The predicted octanol–water partition coefficient (Wildman–Crippen LogP) is 6.89. The molecule has 0 bridgehead atoms. The maximum Gasteiger partial charge on any atom is 0.257 e. The van der Waals surface area contributed by atoms with E-state index < -0.39 is 17.6 Å². The number of halogens is 4. The lowest BCUT2D eigenvalue weighted by Crippen LogP contribution is -2.44. The van der Waals surface area contributed by atoms with Crippen LogP contribution in [0, 0.1) is 17.0 Å². The van der Waals surface area contributed by atoms with Crippen LogP contribution in [0.5, 0.6) is 0 Å². The number of aromatic nitrogens is 1. The first-order valence-electron chi connectivity index (χ1n) is 14.2. The van der Waals surface area contributed by atoms with Crippen molar-refractivity contribution in [3.8, 4) is 0 Å². The van der Waals surface area contributed by atoms with Crippen LogP contribution in [0.25, 0.3) is 10.9 Å². The van der Waals surface area contributed by atoms with Crippen LogP contribution >= 0.6 is 0 Å². The number of rotatable bonds is 3. The highest BCUT2D eigenvalue weighted by atomic mass is 19.3. The molecule has 0 radical (unpaired) electrons. The first-order valence-corrected chi connectivity index (χ1v) is 14.2. The number of H-pyrrole nitrogens is 1. The molecule has 6 rings (SSSR count). The Morgan fingerprint density at radius 1 is 1.00 bits per heavy atom. The lowest BCUT2D eigenvalue weighted by Gasteiger charge is -2.37. The summed E-state index contributed by atoms with van der Waals surface area (Å²) in [6.07, 6.45) is 6.78. The Hall–Kier alpha value is -2.58. The Morgan fingerprint density at radius 3 is 2.46 bits per heavy atom. The Bertz CT molecular complexity index is 1240. The molecule has 4 heterocycles. The second kappa shape index (κ2) is 11.5. The lowest BCUT2D eigenvalue weighted by atomic mass is 9.75. The summed E-state index contributed by atoms with van der Waals surface area (Å²) in [4.78, 5) is 7.36. The number of fused-ring (bicyclic) bond motifs is 3. The number of hydrogen-bond donors (Lipinski definition) is 2. The van der Waals surface area contributed by atoms with E-state index in [2.05, 4.69) is 21.3 Å². The van der Waals surface area contributed by atoms with Gasteiger partial charge in [0.1, 0.15) is 11.6 Å². The van der Waals surface area contributed by atoms with Crippen molar-refractivity contribution in [1.29, 1.82) is 0 Å². The smallest absolute Gasteiger partial charge is 0.257 e. The number of piperidine rings is 1. The third kappa shape index (κ3) is 6.77. The number of nitrogens with one attached hydrogen (secondary N) is 2. The Labute approximate surface area is 228 Å². The molecule has 3 aromatic rings. The van der Waals surface area contributed by atoms with Crippen LogP contribution in [-0.2, 0) is 13.0 Å². The van der Waals surface area contributed by atoms with Crippen molar-refractivity contribution in [3.05, 3.63) is 65.4 Å². The molecular formula is C31H40F4N4. The van der Waals surface area contributed by atoms with Gasteiger partial charge in [-0.1, -0.05) is 18.2 Å². The number of aromatic amines is 1. The largest absolute Gasteiger partial charge is 0.371 e. The van der Waals surface area contributed by atoms with Gasteiger partial charge in [0.2, 0.25) is 0 Å². The second-order valence-electron chi connectivity index (χ2n) is 11.9. The number of para-hydroxylation sites is 1. The summed E-state index contributed by atoms with van der Waals surface area (Å²) in [5.41, 5.74) is 4.56. The monoisotopic (exact) mass is 544 g/mol. The fourth-order valence-electron chi connectivity index (χ4n) is 6.67. The van der Waals surface area contributed by atoms with E-state index in [0.29, 0.717) is 17.6 Å². The molecule has 2 saturated heterocycles. The van der Waals surface area contributed by atoms with E-state index in [0.717, 1.165) is 69.6 Å². The maximum absolute atomic E-state index is 13.4. The highest BCUT2D eigenvalue weighted by Crippen LogP contribution is 2.38. The molecule has 2 N–H and O–H groups in total. The van der Waals surface area contributed by atoms with E-state index in [1.807, 2.05) is 30.0 Å². The van der Waals surface area contributed by atoms with Crippen LogP contribution in [0.3, 0.4) is 0 Å². The summed E-state index contributed by atoms with van der Waals surface area (Å²) in [5, 5.41) is 4.74. The Kier molecular flexibility index (Phi) is 8.24. The molecule has 212 valence electrons. The van der Waals surface area contributed by atoms with Crippen molar-refractivity contribution in [2.45, 2.75) is 70.9 Å². The van der Waals surface area contributed by atoms with Gasteiger partial charge in [-0.25, -0.2) is 17.6 Å². The molecule has 1 aromatic heterocycles. The summed E-state index contributed by atoms with van der Waals surface area (Å²) >= 11 is 0. The molecule has 3 aliphatic heterocycles. The zero-order valence-corrected chi connectivity index (χ0v) is 23.0. The van der Waals surface area contributed by atoms with Crippen LogP contribution < -0.4 is 10.2 Å². The molecule has 2 aromatic carbocycles. The first-order chi connectivity index (χ1) is 18.6. The van der Waals surface area contributed by atoms with Crippen LogP contribution in [0.1, 0.15) is 57.2 Å². The summed E-state index contributed by atoms with van der Waals surface area (Å²) in [6.45, 7) is 7.42. The zero-order chi connectivity index (χ0) is 27.6. The minimum Gasteiger partial charge on any atom is -0.371 e. The van der Waals surface area contributed by atoms with E-state index in [1.165, 1.54) is 42.3 Å². The quantitative estimate of drug-likeness (QED) is 0.352. The Balaban J connectivity index is 0.000000158. The van der Waals surface area contributed by atoms with Crippen molar-refractivity contribution < 1.29 is 17.6 Å². The first kappa shape index (κ1) is 28.0. The highest BCUT2D eigenvalue weighted by molar-refractivity contribution is 5.84. The molecule has 8 heteroatoms. The van der Waals surface area contributed by atoms with Crippen molar-refractivity contribution in [3.63, 3.8) is 0 Å². The van der Waals surface area contributed by atoms with Gasteiger partial charge in [0, 0.05) is 67.5 Å². The van der Waals surface area contributed by atoms with Gasteiger partial charge in [0.25, 0.3) is 5.92 Å². The third-order valence-corrected chi connectivity index (χ3v) is 8.69. The van der Waals surface area contributed by atoms with Crippen LogP contribution in [-0.4, -0.2) is 54.6 Å². The van der Waals surface area contributed by atoms with Crippen molar-refractivity contribution in [2.75, 3.05) is 37.6 Å². The summed E-state index contributed by atoms with van der Waals surface area (Å²) in [7, 11) is 0. The normalized spacial score (nSPS) is 24.3. The average molecular weight is 545 g/mol.